The van der Waals surface area contributed by atoms with E-state index in [4.69, 9.17) is 11.5 Å². The first-order chi connectivity index (χ1) is 13.6. The normalized spacial score (nSPS) is 36.2. The molecule has 0 aromatic heterocycles. The molecule has 0 heterocycles. The molecule has 0 spiro atoms. The molecule has 0 bridgehead atoms. The molecule has 30 heavy (non-hydrogen) atoms. The van der Waals surface area contributed by atoms with Crippen molar-refractivity contribution >= 4 is 0 Å². The van der Waals surface area contributed by atoms with E-state index in [1.54, 1.807) is 0 Å². The van der Waals surface area contributed by atoms with Crippen molar-refractivity contribution in [1.82, 2.24) is 0 Å². The summed E-state index contributed by atoms with van der Waals surface area (Å²) in [5.41, 5.74) is 13.8. The molecule has 2 aliphatic rings. The van der Waals surface area contributed by atoms with Gasteiger partial charge in [-0.2, -0.15) is 0 Å². The van der Waals surface area contributed by atoms with E-state index in [1.807, 2.05) is 0 Å². The number of hydrogen-bond acceptors (Lipinski definition) is 2. The van der Waals surface area contributed by atoms with E-state index < -0.39 is 0 Å². The summed E-state index contributed by atoms with van der Waals surface area (Å²) < 4.78 is 0. The topological polar surface area (TPSA) is 52.0 Å². The fourth-order valence-electron chi connectivity index (χ4n) is 7.94. The Labute approximate surface area is 189 Å². The van der Waals surface area contributed by atoms with Crippen LogP contribution in [0, 0.1) is 59.2 Å². The summed E-state index contributed by atoms with van der Waals surface area (Å²) in [5, 5.41) is 0. The van der Waals surface area contributed by atoms with E-state index in [1.165, 1.54) is 38.5 Å². The molecule has 0 aromatic rings. The first kappa shape index (κ1) is 26.2. The molecule has 2 aliphatic carbocycles. The van der Waals surface area contributed by atoms with Crippen LogP contribution >= 0.6 is 0 Å². The van der Waals surface area contributed by atoms with Crippen LogP contribution in [0.25, 0.3) is 0 Å². The van der Waals surface area contributed by atoms with Gasteiger partial charge in [-0.1, -0.05) is 54.4 Å². The Kier molecular flexibility index (Phi) is 8.57. The van der Waals surface area contributed by atoms with Gasteiger partial charge < -0.3 is 11.5 Å². The van der Waals surface area contributed by atoms with Crippen LogP contribution in [0.3, 0.4) is 0 Å². The molecule has 0 saturated heterocycles. The van der Waals surface area contributed by atoms with Crippen LogP contribution in [0.1, 0.15) is 108 Å². The van der Waals surface area contributed by atoms with Gasteiger partial charge in [0.05, 0.1) is 0 Å². The van der Waals surface area contributed by atoms with Crippen LogP contribution in [0.2, 0.25) is 0 Å². The molecule has 0 aliphatic heterocycles. The van der Waals surface area contributed by atoms with E-state index in [0.29, 0.717) is 23.7 Å². The van der Waals surface area contributed by atoms with E-state index in [2.05, 4.69) is 69.2 Å². The Morgan fingerprint density at radius 3 is 1.10 bits per heavy atom. The standard InChI is InChI=1S/C28H56N2/c1-17(2)21-13-11-19(5)15-23(21)25(27(7,8)29)26(28(9,10)30)24-16-20(6)12-14-22(24)18(3)4/h17-26H,11-16,29-30H2,1-10H3. The average molecular weight is 421 g/mol. The number of rotatable bonds is 7. The van der Waals surface area contributed by atoms with Gasteiger partial charge in [0.2, 0.25) is 0 Å². The summed E-state index contributed by atoms with van der Waals surface area (Å²) in [6.45, 7) is 23.9. The molecule has 2 rings (SSSR count). The first-order valence-corrected chi connectivity index (χ1v) is 13.2. The third kappa shape index (κ3) is 6.03. The molecule has 2 saturated carbocycles. The zero-order valence-corrected chi connectivity index (χ0v) is 22.2. The molecular weight excluding hydrogens is 364 g/mol. The second-order valence-corrected chi connectivity index (χ2v) is 13.7. The average Bonchev–Trinajstić information content (AvgIpc) is 2.56. The SMILES string of the molecule is CC1CCC(C(C)C)C(C(C(C2CC(C)CCC2C(C)C)C(C)(C)N)C(C)(C)N)C1. The van der Waals surface area contributed by atoms with Gasteiger partial charge in [-0.05, 0) is 113 Å². The van der Waals surface area contributed by atoms with Gasteiger partial charge in [-0.3, -0.25) is 0 Å². The summed E-state index contributed by atoms with van der Waals surface area (Å²) in [5.74, 6) is 6.94. The van der Waals surface area contributed by atoms with Crippen molar-refractivity contribution in [3.05, 3.63) is 0 Å². The Morgan fingerprint density at radius 1 is 0.567 bits per heavy atom. The predicted octanol–water partition coefficient (Wildman–Crippen LogP) is 7.11. The highest BCUT2D eigenvalue weighted by Crippen LogP contribution is 2.54. The largest absolute Gasteiger partial charge is 0.325 e. The van der Waals surface area contributed by atoms with Gasteiger partial charge in [0, 0.05) is 11.1 Å². The van der Waals surface area contributed by atoms with Crippen molar-refractivity contribution in [3.8, 4) is 0 Å². The maximum absolute atomic E-state index is 7.12. The van der Waals surface area contributed by atoms with Crippen molar-refractivity contribution in [2.75, 3.05) is 0 Å². The maximum atomic E-state index is 7.12. The zero-order chi connectivity index (χ0) is 23.0. The van der Waals surface area contributed by atoms with Crippen LogP contribution in [-0.4, -0.2) is 11.1 Å². The van der Waals surface area contributed by atoms with Crippen molar-refractivity contribution < 1.29 is 0 Å². The molecule has 0 amide bonds. The minimum absolute atomic E-state index is 0.210. The third-order valence-electron chi connectivity index (χ3n) is 9.17. The van der Waals surface area contributed by atoms with E-state index in [-0.39, 0.29) is 11.1 Å². The van der Waals surface area contributed by atoms with Crippen LogP contribution in [0.15, 0.2) is 0 Å². The van der Waals surface area contributed by atoms with Crippen molar-refractivity contribution in [1.29, 1.82) is 0 Å². The molecule has 2 nitrogen and oxygen atoms in total. The lowest BCUT2D eigenvalue weighted by atomic mass is 9.50. The summed E-state index contributed by atoms with van der Waals surface area (Å²) in [6.07, 6.45) is 8.14. The zero-order valence-electron chi connectivity index (χ0n) is 22.2. The lowest BCUT2D eigenvalue weighted by molar-refractivity contribution is -0.0511. The smallest absolute Gasteiger partial charge is 0.0132 e. The van der Waals surface area contributed by atoms with Crippen LogP contribution in [0.5, 0.6) is 0 Å². The van der Waals surface area contributed by atoms with Crippen LogP contribution in [-0.2, 0) is 0 Å². The Morgan fingerprint density at radius 2 is 0.867 bits per heavy atom. The van der Waals surface area contributed by atoms with Gasteiger partial charge in [-0.15, -0.1) is 0 Å². The summed E-state index contributed by atoms with van der Waals surface area (Å²) in [7, 11) is 0. The first-order valence-electron chi connectivity index (χ1n) is 13.2. The third-order valence-corrected chi connectivity index (χ3v) is 9.17. The molecule has 8 atom stereocenters. The fourth-order valence-corrected chi connectivity index (χ4v) is 7.94. The van der Waals surface area contributed by atoms with Crippen molar-refractivity contribution in [3.63, 3.8) is 0 Å². The van der Waals surface area contributed by atoms with Crippen molar-refractivity contribution in [2.45, 2.75) is 119 Å². The monoisotopic (exact) mass is 420 g/mol. The Hall–Kier alpha value is -0.0800. The lowest BCUT2D eigenvalue weighted by Gasteiger charge is -2.57. The van der Waals surface area contributed by atoms with E-state index in [9.17, 15) is 0 Å². The van der Waals surface area contributed by atoms with Gasteiger partial charge in [0.1, 0.15) is 0 Å². The van der Waals surface area contributed by atoms with Crippen molar-refractivity contribution in [2.24, 2.45) is 70.6 Å². The highest BCUT2D eigenvalue weighted by Gasteiger charge is 2.52. The maximum Gasteiger partial charge on any atom is 0.0132 e. The molecule has 178 valence electrons. The molecule has 0 radical (unpaired) electrons. The van der Waals surface area contributed by atoms with Crippen LogP contribution < -0.4 is 11.5 Å². The minimum atomic E-state index is -0.210. The highest BCUT2D eigenvalue weighted by atomic mass is 14.8. The summed E-state index contributed by atoms with van der Waals surface area (Å²) in [4.78, 5) is 0. The van der Waals surface area contributed by atoms with Gasteiger partial charge >= 0.3 is 0 Å². The lowest BCUT2D eigenvalue weighted by Crippen LogP contribution is -2.61. The molecule has 0 aromatic carbocycles. The van der Waals surface area contributed by atoms with E-state index >= 15 is 0 Å². The minimum Gasteiger partial charge on any atom is -0.325 e. The van der Waals surface area contributed by atoms with E-state index in [0.717, 1.165) is 35.5 Å². The summed E-state index contributed by atoms with van der Waals surface area (Å²) in [6, 6.07) is 0. The predicted molar refractivity (Wildman–Crippen MR) is 133 cm³/mol. The molecule has 2 fully saturated rings. The molecule has 8 unspecified atom stereocenters. The summed E-state index contributed by atoms with van der Waals surface area (Å²) >= 11 is 0. The Balaban J connectivity index is 2.58. The van der Waals surface area contributed by atoms with Gasteiger partial charge in [0.15, 0.2) is 0 Å². The van der Waals surface area contributed by atoms with Crippen LogP contribution in [0.4, 0.5) is 0 Å². The second kappa shape index (κ2) is 9.82. The number of hydrogen-bond donors (Lipinski definition) is 2. The second-order valence-electron chi connectivity index (χ2n) is 13.7. The Bertz CT molecular complexity index is 476. The molecule has 4 N–H and O–H groups in total. The quantitative estimate of drug-likeness (QED) is 0.461. The molecular formula is C28H56N2. The number of nitrogens with two attached hydrogens (primary N) is 2. The highest BCUT2D eigenvalue weighted by molar-refractivity contribution is 5.05. The van der Waals surface area contributed by atoms with Gasteiger partial charge in [-0.25, -0.2) is 0 Å². The molecule has 2 heteroatoms. The fraction of sp³-hybridized carbons (Fsp3) is 1.00. The van der Waals surface area contributed by atoms with Gasteiger partial charge in [0.25, 0.3) is 0 Å².